The summed E-state index contributed by atoms with van der Waals surface area (Å²) in [4.78, 5) is 10.4. The molecule has 2 aromatic heterocycles. The molecule has 0 spiro atoms. The number of hydrogen-bond donors (Lipinski definition) is 1. The van der Waals surface area contributed by atoms with Gasteiger partial charge < -0.3 is 5.32 Å². The van der Waals surface area contributed by atoms with Gasteiger partial charge in [-0.2, -0.15) is 5.10 Å². The van der Waals surface area contributed by atoms with Crippen LogP contribution in [-0.4, -0.2) is 25.0 Å². The molecule has 1 aromatic carbocycles. The average molecular weight is 274 g/mol. The van der Waals surface area contributed by atoms with E-state index < -0.39 is 4.92 Å². The molecule has 20 heavy (non-hydrogen) atoms. The molecule has 0 aliphatic heterocycles. The van der Waals surface area contributed by atoms with Crippen LogP contribution in [0.4, 0.5) is 11.4 Å². The van der Waals surface area contributed by atoms with E-state index >= 15 is 0 Å². The molecular formula is C11H10N6O3. The molecule has 0 fully saturated rings. The van der Waals surface area contributed by atoms with E-state index in [1.807, 2.05) is 13.2 Å². The van der Waals surface area contributed by atoms with Crippen LogP contribution in [0.2, 0.25) is 0 Å². The summed E-state index contributed by atoms with van der Waals surface area (Å²) in [6, 6.07) is 2.96. The zero-order chi connectivity index (χ0) is 14.1. The normalized spacial score (nSPS) is 10.8. The molecule has 0 aliphatic carbocycles. The second-order valence-corrected chi connectivity index (χ2v) is 4.23. The Morgan fingerprint density at radius 1 is 1.40 bits per heavy atom. The quantitative estimate of drug-likeness (QED) is 0.566. The predicted molar refractivity (Wildman–Crippen MR) is 69.0 cm³/mol. The van der Waals surface area contributed by atoms with Gasteiger partial charge in [0, 0.05) is 31.4 Å². The summed E-state index contributed by atoms with van der Waals surface area (Å²) in [5.41, 5.74) is 1.94. The highest BCUT2D eigenvalue weighted by Gasteiger charge is 2.19. The van der Waals surface area contributed by atoms with E-state index in [0.29, 0.717) is 17.7 Å². The lowest BCUT2D eigenvalue weighted by Gasteiger charge is -2.04. The SMILES string of the molecule is Cn1cc(CNc2ccc([N+](=O)[O-])c3nonc23)cn1. The molecule has 2 heterocycles. The third kappa shape index (κ3) is 2.05. The number of rotatable bonds is 4. The fourth-order valence-corrected chi connectivity index (χ4v) is 1.90. The maximum absolute atomic E-state index is 10.9. The van der Waals surface area contributed by atoms with Crippen molar-refractivity contribution in [1.82, 2.24) is 20.1 Å². The van der Waals surface area contributed by atoms with Gasteiger partial charge >= 0.3 is 5.69 Å². The zero-order valence-corrected chi connectivity index (χ0v) is 10.5. The minimum atomic E-state index is -0.516. The molecule has 1 N–H and O–H groups in total. The highest BCUT2D eigenvalue weighted by molar-refractivity contribution is 5.93. The Morgan fingerprint density at radius 2 is 2.20 bits per heavy atom. The number of aromatic nitrogens is 4. The molecule has 102 valence electrons. The van der Waals surface area contributed by atoms with Crippen molar-refractivity contribution >= 4 is 22.4 Å². The molecule has 0 unspecified atom stereocenters. The number of nitrogens with zero attached hydrogens (tertiary/aromatic N) is 5. The number of nitro benzene ring substituents is 1. The van der Waals surface area contributed by atoms with Gasteiger partial charge in [-0.25, -0.2) is 4.63 Å². The summed E-state index contributed by atoms with van der Waals surface area (Å²) in [7, 11) is 1.83. The lowest BCUT2D eigenvalue weighted by molar-refractivity contribution is -0.383. The smallest absolute Gasteiger partial charge is 0.300 e. The van der Waals surface area contributed by atoms with Crippen molar-refractivity contribution in [3.8, 4) is 0 Å². The van der Waals surface area contributed by atoms with Gasteiger partial charge in [0.05, 0.1) is 16.8 Å². The minimum Gasteiger partial charge on any atom is -0.379 e. The molecule has 9 nitrogen and oxygen atoms in total. The minimum absolute atomic E-state index is 0.131. The first-order chi connectivity index (χ1) is 9.65. The van der Waals surface area contributed by atoms with Crippen LogP contribution >= 0.6 is 0 Å². The van der Waals surface area contributed by atoms with E-state index in [1.54, 1.807) is 16.9 Å². The molecule has 3 rings (SSSR count). The van der Waals surface area contributed by atoms with Crippen LogP contribution in [0, 0.1) is 10.1 Å². The number of fused-ring (bicyclic) bond motifs is 1. The van der Waals surface area contributed by atoms with Crippen LogP contribution in [0.5, 0.6) is 0 Å². The van der Waals surface area contributed by atoms with Gasteiger partial charge in [0.2, 0.25) is 5.52 Å². The molecular weight excluding hydrogens is 264 g/mol. The van der Waals surface area contributed by atoms with Crippen molar-refractivity contribution < 1.29 is 9.55 Å². The molecule has 0 saturated heterocycles. The Bertz CT molecular complexity index is 777. The van der Waals surface area contributed by atoms with E-state index in [4.69, 9.17) is 0 Å². The Kier molecular flexibility index (Phi) is 2.78. The number of nitro groups is 1. The van der Waals surface area contributed by atoms with Gasteiger partial charge in [-0.1, -0.05) is 0 Å². The van der Waals surface area contributed by atoms with Crippen LogP contribution in [0.15, 0.2) is 29.2 Å². The predicted octanol–water partition coefficient (Wildman–Crippen LogP) is 1.48. The van der Waals surface area contributed by atoms with E-state index in [9.17, 15) is 10.1 Å². The zero-order valence-electron chi connectivity index (χ0n) is 10.5. The van der Waals surface area contributed by atoms with Gasteiger partial charge in [-0.05, 0) is 16.4 Å². The summed E-state index contributed by atoms with van der Waals surface area (Å²) in [5, 5.41) is 25.3. The largest absolute Gasteiger partial charge is 0.379 e. The Labute approximate surface area is 112 Å². The van der Waals surface area contributed by atoms with Gasteiger partial charge in [0.1, 0.15) is 0 Å². The third-order valence-electron chi connectivity index (χ3n) is 2.83. The van der Waals surface area contributed by atoms with Gasteiger partial charge in [0.25, 0.3) is 0 Å². The van der Waals surface area contributed by atoms with Gasteiger partial charge in [-0.15, -0.1) is 0 Å². The average Bonchev–Trinajstić information content (AvgIpc) is 3.04. The highest BCUT2D eigenvalue weighted by Crippen LogP contribution is 2.28. The lowest BCUT2D eigenvalue weighted by atomic mass is 10.2. The second kappa shape index (κ2) is 4.61. The van der Waals surface area contributed by atoms with Crippen LogP contribution in [-0.2, 0) is 13.6 Å². The molecule has 0 saturated carbocycles. The highest BCUT2D eigenvalue weighted by atomic mass is 16.6. The van der Waals surface area contributed by atoms with Crippen LogP contribution < -0.4 is 5.32 Å². The fourth-order valence-electron chi connectivity index (χ4n) is 1.90. The Balaban J connectivity index is 1.90. The molecule has 0 radical (unpaired) electrons. The second-order valence-electron chi connectivity index (χ2n) is 4.23. The summed E-state index contributed by atoms with van der Waals surface area (Å²) >= 11 is 0. The van der Waals surface area contributed by atoms with Crippen molar-refractivity contribution in [3.05, 3.63) is 40.2 Å². The molecule has 3 aromatic rings. The molecule has 0 amide bonds. The lowest BCUT2D eigenvalue weighted by Crippen LogP contribution is -2.00. The fraction of sp³-hybridized carbons (Fsp3) is 0.182. The summed E-state index contributed by atoms with van der Waals surface area (Å²) in [6.45, 7) is 0.521. The first kappa shape index (κ1) is 12.1. The van der Waals surface area contributed by atoms with Crippen LogP contribution in [0.1, 0.15) is 5.56 Å². The van der Waals surface area contributed by atoms with Crippen molar-refractivity contribution in [3.63, 3.8) is 0 Å². The van der Waals surface area contributed by atoms with E-state index in [0.717, 1.165) is 5.56 Å². The van der Waals surface area contributed by atoms with Gasteiger partial charge in [-0.3, -0.25) is 14.8 Å². The monoisotopic (exact) mass is 274 g/mol. The van der Waals surface area contributed by atoms with Crippen molar-refractivity contribution in [2.45, 2.75) is 6.54 Å². The number of benzene rings is 1. The van der Waals surface area contributed by atoms with Crippen molar-refractivity contribution in [2.24, 2.45) is 7.05 Å². The number of anilines is 1. The summed E-state index contributed by atoms with van der Waals surface area (Å²) in [6.07, 6.45) is 3.60. The maximum atomic E-state index is 10.9. The number of aryl methyl sites for hydroxylation is 1. The van der Waals surface area contributed by atoms with E-state index in [-0.39, 0.29) is 11.2 Å². The Morgan fingerprint density at radius 3 is 2.90 bits per heavy atom. The van der Waals surface area contributed by atoms with E-state index in [2.05, 4.69) is 25.4 Å². The first-order valence-corrected chi connectivity index (χ1v) is 5.76. The van der Waals surface area contributed by atoms with Crippen molar-refractivity contribution in [2.75, 3.05) is 5.32 Å². The summed E-state index contributed by atoms with van der Waals surface area (Å²) < 4.78 is 6.29. The third-order valence-corrected chi connectivity index (χ3v) is 2.83. The maximum Gasteiger partial charge on any atom is 0.300 e. The standard InChI is InChI=1S/C11H10N6O3/c1-16-6-7(5-13-16)4-12-8-2-3-9(17(18)19)11-10(8)14-20-15-11/h2-3,5-6,12H,4H2,1H3. The van der Waals surface area contributed by atoms with Gasteiger partial charge in [0.15, 0.2) is 5.52 Å². The molecule has 9 heteroatoms. The number of hydrogen-bond acceptors (Lipinski definition) is 7. The molecule has 0 atom stereocenters. The first-order valence-electron chi connectivity index (χ1n) is 5.76. The Hall–Kier alpha value is -2.97. The molecule has 0 aliphatic rings. The summed E-state index contributed by atoms with van der Waals surface area (Å²) in [5.74, 6) is 0. The van der Waals surface area contributed by atoms with E-state index in [1.165, 1.54) is 6.07 Å². The number of nitrogens with one attached hydrogen (secondary N) is 1. The topological polar surface area (TPSA) is 112 Å². The molecule has 0 bridgehead atoms. The van der Waals surface area contributed by atoms with Crippen molar-refractivity contribution in [1.29, 1.82) is 0 Å². The van der Waals surface area contributed by atoms with Crippen LogP contribution in [0.25, 0.3) is 11.0 Å². The van der Waals surface area contributed by atoms with Crippen LogP contribution in [0.3, 0.4) is 0 Å². The number of non-ortho nitro benzene ring substituents is 1.